The van der Waals surface area contributed by atoms with Crippen molar-refractivity contribution in [1.29, 1.82) is 0 Å². The molecule has 2 amide bonds. The first-order valence-corrected chi connectivity index (χ1v) is 6.72. The van der Waals surface area contributed by atoms with Crippen LogP contribution in [0.4, 0.5) is 4.79 Å². The lowest BCUT2D eigenvalue weighted by atomic mass is 10.2. The summed E-state index contributed by atoms with van der Waals surface area (Å²) < 4.78 is 0. The number of aliphatic hydroxyl groups excluding tert-OH is 1. The Labute approximate surface area is 104 Å². The van der Waals surface area contributed by atoms with Crippen LogP contribution in [0.3, 0.4) is 0 Å². The first-order chi connectivity index (χ1) is 8.00. The average molecular weight is 262 g/mol. The Bertz CT molecular complexity index is 279. The first-order valence-electron chi connectivity index (χ1n) is 5.56. The van der Waals surface area contributed by atoms with Crippen molar-refractivity contribution < 1.29 is 19.8 Å². The molecule has 17 heavy (non-hydrogen) atoms. The Balaban J connectivity index is 2.38. The molecule has 0 bridgehead atoms. The van der Waals surface area contributed by atoms with E-state index in [9.17, 15) is 14.7 Å². The minimum atomic E-state index is -1.27. The highest BCUT2D eigenvalue weighted by molar-refractivity contribution is 7.99. The number of carbonyl (C=O) groups excluding carboxylic acids is 1. The zero-order valence-electron chi connectivity index (χ0n) is 9.68. The summed E-state index contributed by atoms with van der Waals surface area (Å²) in [4.78, 5) is 22.3. The van der Waals surface area contributed by atoms with E-state index in [0.717, 1.165) is 24.3 Å². The maximum absolute atomic E-state index is 11.5. The molecule has 1 fully saturated rings. The van der Waals surface area contributed by atoms with E-state index in [1.54, 1.807) is 11.8 Å². The van der Waals surface area contributed by atoms with Crippen LogP contribution in [-0.4, -0.2) is 51.9 Å². The Kier molecular flexibility index (Phi) is 5.57. The van der Waals surface area contributed by atoms with E-state index in [1.165, 1.54) is 6.92 Å². The first kappa shape index (κ1) is 14.1. The number of thioether (sulfide) groups is 1. The van der Waals surface area contributed by atoms with Gasteiger partial charge in [0.25, 0.3) is 0 Å². The molecular weight excluding hydrogens is 244 g/mol. The number of carbonyl (C=O) groups is 2. The fourth-order valence-corrected chi connectivity index (χ4v) is 2.68. The topological polar surface area (TPSA) is 98.7 Å². The van der Waals surface area contributed by atoms with Crippen LogP contribution in [0.5, 0.6) is 0 Å². The van der Waals surface area contributed by atoms with Gasteiger partial charge in [0.05, 0.1) is 6.10 Å². The molecule has 0 saturated carbocycles. The van der Waals surface area contributed by atoms with Crippen LogP contribution in [0.1, 0.15) is 19.8 Å². The van der Waals surface area contributed by atoms with E-state index in [2.05, 4.69) is 10.6 Å². The summed E-state index contributed by atoms with van der Waals surface area (Å²) in [5, 5.41) is 23.0. The lowest BCUT2D eigenvalue weighted by molar-refractivity contribution is -0.141. The maximum Gasteiger partial charge on any atom is 0.328 e. The van der Waals surface area contributed by atoms with Crippen LogP contribution in [0.25, 0.3) is 0 Å². The van der Waals surface area contributed by atoms with Crippen molar-refractivity contribution in [3.8, 4) is 0 Å². The molecule has 0 aliphatic carbocycles. The molecule has 1 heterocycles. The van der Waals surface area contributed by atoms with E-state index in [4.69, 9.17) is 5.11 Å². The number of hydrogen-bond donors (Lipinski definition) is 4. The molecule has 1 aliphatic heterocycles. The number of carboxylic acids is 1. The monoisotopic (exact) mass is 262 g/mol. The van der Waals surface area contributed by atoms with Gasteiger partial charge in [0.1, 0.15) is 0 Å². The molecule has 1 aliphatic rings. The third-order valence-electron chi connectivity index (χ3n) is 2.53. The predicted octanol–water partition coefficient (Wildman–Crippen LogP) is 0.0152. The third kappa shape index (κ3) is 4.82. The second-order valence-corrected chi connectivity index (χ2v) is 5.24. The lowest BCUT2D eigenvalue weighted by Crippen LogP contribution is -2.53. The molecule has 1 unspecified atom stereocenters. The Hall–Kier alpha value is -0.950. The van der Waals surface area contributed by atoms with Gasteiger partial charge in [-0.3, -0.25) is 0 Å². The highest BCUT2D eigenvalue weighted by atomic mass is 32.2. The van der Waals surface area contributed by atoms with Gasteiger partial charge in [-0.15, -0.1) is 0 Å². The van der Waals surface area contributed by atoms with Crippen LogP contribution in [-0.2, 0) is 4.79 Å². The molecule has 4 N–H and O–H groups in total. The number of rotatable bonds is 4. The van der Waals surface area contributed by atoms with Crippen LogP contribution in [0.15, 0.2) is 0 Å². The van der Waals surface area contributed by atoms with E-state index < -0.39 is 24.1 Å². The number of nitrogens with one attached hydrogen (secondary N) is 2. The van der Waals surface area contributed by atoms with Crippen LogP contribution < -0.4 is 10.6 Å². The Morgan fingerprint density at radius 3 is 2.65 bits per heavy atom. The van der Waals surface area contributed by atoms with Crippen LogP contribution in [0, 0.1) is 0 Å². The zero-order chi connectivity index (χ0) is 12.8. The van der Waals surface area contributed by atoms with E-state index in [0.29, 0.717) is 0 Å². The van der Waals surface area contributed by atoms with Gasteiger partial charge in [-0.25, -0.2) is 9.59 Å². The minimum absolute atomic E-state index is 0.0807. The van der Waals surface area contributed by atoms with Crippen LogP contribution >= 0.6 is 11.8 Å². The molecule has 3 atom stereocenters. The van der Waals surface area contributed by atoms with Gasteiger partial charge in [0.15, 0.2) is 6.04 Å². The summed E-state index contributed by atoms with van der Waals surface area (Å²) in [6.45, 7) is 1.33. The van der Waals surface area contributed by atoms with Gasteiger partial charge in [-0.1, -0.05) is 0 Å². The zero-order valence-corrected chi connectivity index (χ0v) is 10.5. The van der Waals surface area contributed by atoms with Gasteiger partial charge in [-0.2, -0.15) is 11.8 Å². The summed E-state index contributed by atoms with van der Waals surface area (Å²) >= 11 is 1.77. The molecule has 6 nitrogen and oxygen atoms in total. The van der Waals surface area contributed by atoms with Gasteiger partial charge in [-0.05, 0) is 25.5 Å². The van der Waals surface area contributed by atoms with E-state index in [-0.39, 0.29) is 6.04 Å². The maximum atomic E-state index is 11.5. The number of urea groups is 1. The van der Waals surface area contributed by atoms with Gasteiger partial charge in [0.2, 0.25) is 0 Å². The predicted molar refractivity (Wildman–Crippen MR) is 65.1 cm³/mol. The van der Waals surface area contributed by atoms with Crippen molar-refractivity contribution in [2.24, 2.45) is 0 Å². The van der Waals surface area contributed by atoms with Crippen LogP contribution in [0.2, 0.25) is 0 Å². The van der Waals surface area contributed by atoms with E-state index >= 15 is 0 Å². The molecule has 0 aromatic heterocycles. The number of carboxylic acid groups (broad SMARTS) is 1. The Morgan fingerprint density at radius 1 is 1.47 bits per heavy atom. The number of aliphatic carboxylic acids is 1. The van der Waals surface area contributed by atoms with Crippen molar-refractivity contribution in [1.82, 2.24) is 10.6 Å². The fourth-order valence-electron chi connectivity index (χ4n) is 1.61. The summed E-state index contributed by atoms with van der Waals surface area (Å²) in [5.41, 5.74) is 0. The molecule has 98 valence electrons. The summed E-state index contributed by atoms with van der Waals surface area (Å²) in [7, 11) is 0. The SMILES string of the molecule is C[C@@H](O)[C@H](NC(=O)NC1CCCSC1)C(=O)O. The van der Waals surface area contributed by atoms with Gasteiger partial charge >= 0.3 is 12.0 Å². The van der Waals surface area contributed by atoms with Gasteiger partial charge < -0.3 is 20.8 Å². The summed E-state index contributed by atoms with van der Waals surface area (Å²) in [6.07, 6.45) is 0.834. The smallest absolute Gasteiger partial charge is 0.328 e. The largest absolute Gasteiger partial charge is 0.480 e. The number of hydrogen-bond acceptors (Lipinski definition) is 4. The normalized spacial score (nSPS) is 23.5. The average Bonchev–Trinajstić information content (AvgIpc) is 2.26. The fraction of sp³-hybridized carbons (Fsp3) is 0.800. The molecule has 0 aromatic rings. The van der Waals surface area contributed by atoms with Crippen molar-refractivity contribution in [2.75, 3.05) is 11.5 Å². The summed E-state index contributed by atoms with van der Waals surface area (Å²) in [5.74, 6) is 0.707. The van der Waals surface area contributed by atoms with E-state index in [1.807, 2.05) is 0 Å². The molecular formula is C10H18N2O4S. The Morgan fingerprint density at radius 2 is 2.18 bits per heavy atom. The minimum Gasteiger partial charge on any atom is -0.480 e. The second-order valence-electron chi connectivity index (χ2n) is 4.09. The molecule has 1 saturated heterocycles. The number of amides is 2. The highest BCUT2D eigenvalue weighted by Gasteiger charge is 2.26. The van der Waals surface area contributed by atoms with Crippen molar-refractivity contribution in [2.45, 2.75) is 38.0 Å². The van der Waals surface area contributed by atoms with Crippen molar-refractivity contribution in [3.05, 3.63) is 0 Å². The molecule has 0 spiro atoms. The molecule has 7 heteroatoms. The standard InChI is InChI=1S/C10H18N2O4S/c1-6(13)8(9(14)15)12-10(16)11-7-3-2-4-17-5-7/h6-8,13H,2-5H2,1H3,(H,14,15)(H2,11,12,16)/t6-,7?,8+/m1/s1. The molecule has 0 aromatic carbocycles. The van der Waals surface area contributed by atoms with Crippen molar-refractivity contribution >= 4 is 23.8 Å². The number of aliphatic hydroxyl groups is 1. The highest BCUT2D eigenvalue weighted by Crippen LogP contribution is 2.16. The molecule has 0 radical (unpaired) electrons. The lowest BCUT2D eigenvalue weighted by Gasteiger charge is -2.24. The molecule has 1 rings (SSSR count). The quantitative estimate of drug-likeness (QED) is 0.572. The second kappa shape index (κ2) is 6.70. The summed E-state index contributed by atoms with van der Waals surface area (Å²) in [6, 6.07) is -1.73. The third-order valence-corrected chi connectivity index (χ3v) is 3.75. The van der Waals surface area contributed by atoms with Gasteiger partial charge in [0, 0.05) is 11.8 Å². The van der Waals surface area contributed by atoms with Crippen molar-refractivity contribution in [3.63, 3.8) is 0 Å².